The predicted octanol–water partition coefficient (Wildman–Crippen LogP) is 3.11. The molecule has 0 bridgehead atoms. The van der Waals surface area contributed by atoms with Crippen LogP contribution in [0.25, 0.3) is 0 Å². The minimum Gasteiger partial charge on any atom is -0.333 e. The molecule has 0 aromatic rings. The summed E-state index contributed by atoms with van der Waals surface area (Å²) in [7, 11) is 1.50. The van der Waals surface area contributed by atoms with Crippen LogP contribution in [0.1, 0.15) is 25.7 Å². The first-order chi connectivity index (χ1) is 6.97. The Hall–Kier alpha value is -1.08. The van der Waals surface area contributed by atoms with Gasteiger partial charge in [0, 0.05) is 0 Å². The lowest BCUT2D eigenvalue weighted by Gasteiger charge is -2.14. The average Bonchev–Trinajstić information content (AvgIpc) is 2.34. The molecular weight excluding hydrogens is 170 g/mol. The van der Waals surface area contributed by atoms with Crippen LogP contribution in [0, 0.1) is 0 Å². The number of hydrogen-bond donors (Lipinski definition) is 1. The summed E-state index contributed by atoms with van der Waals surface area (Å²) in [5.74, 6) is 0. The Morgan fingerprint density at radius 1 is 0.857 bits per heavy atom. The Morgan fingerprint density at radius 2 is 1.29 bits per heavy atom. The van der Waals surface area contributed by atoms with Crippen molar-refractivity contribution in [3.63, 3.8) is 0 Å². The van der Waals surface area contributed by atoms with Gasteiger partial charge >= 0.3 is 0 Å². The van der Waals surface area contributed by atoms with Gasteiger partial charge in [-0.05, 0) is 43.9 Å². The fourth-order valence-corrected chi connectivity index (χ4v) is 1.74. The highest BCUT2D eigenvalue weighted by Crippen LogP contribution is 2.25. The summed E-state index contributed by atoms with van der Waals surface area (Å²) in [5, 5.41) is 0. The van der Waals surface area contributed by atoms with Gasteiger partial charge in [0.25, 0.3) is 0 Å². The molecule has 2 rings (SSSR count). The molecule has 2 aliphatic carbocycles. The smallest absolute Gasteiger partial charge is 0.0195 e. The molecule has 0 saturated heterocycles. The molecule has 0 atom stereocenters. The van der Waals surface area contributed by atoms with Crippen molar-refractivity contribution >= 4 is 0 Å². The van der Waals surface area contributed by atoms with Gasteiger partial charge < -0.3 is 5.73 Å². The van der Waals surface area contributed by atoms with Crippen molar-refractivity contribution in [1.29, 1.82) is 0 Å². The van der Waals surface area contributed by atoms with E-state index in [1.807, 2.05) is 0 Å². The van der Waals surface area contributed by atoms with E-state index in [4.69, 9.17) is 0 Å². The van der Waals surface area contributed by atoms with Gasteiger partial charge in [0.15, 0.2) is 0 Å². The highest BCUT2D eigenvalue weighted by molar-refractivity contribution is 5.39. The van der Waals surface area contributed by atoms with Crippen molar-refractivity contribution in [2.24, 2.45) is 5.73 Å². The van der Waals surface area contributed by atoms with E-state index < -0.39 is 0 Å². The van der Waals surface area contributed by atoms with Crippen molar-refractivity contribution in [3.05, 3.63) is 47.6 Å². The fourth-order valence-electron chi connectivity index (χ4n) is 1.74. The van der Waals surface area contributed by atoms with Crippen molar-refractivity contribution in [2.75, 3.05) is 7.05 Å². The number of allylic oxidation sites excluding steroid dienone is 8. The molecule has 0 heterocycles. The highest BCUT2D eigenvalue weighted by Gasteiger charge is 2.06. The molecule has 2 N–H and O–H groups in total. The highest BCUT2D eigenvalue weighted by atomic mass is 14.4. The summed E-state index contributed by atoms with van der Waals surface area (Å²) in [6, 6.07) is 0. The lowest BCUT2D eigenvalue weighted by Crippen LogP contribution is -1.94. The monoisotopic (exact) mass is 189 g/mol. The fraction of sp³-hybridized carbons (Fsp3) is 0.385. The number of rotatable bonds is 1. The molecule has 0 spiro atoms. The van der Waals surface area contributed by atoms with Gasteiger partial charge in [-0.3, -0.25) is 0 Å². The zero-order valence-corrected chi connectivity index (χ0v) is 8.87. The summed E-state index contributed by atoms with van der Waals surface area (Å²) < 4.78 is 0. The first-order valence-electron chi connectivity index (χ1n) is 5.26. The molecule has 0 amide bonds. The van der Waals surface area contributed by atoms with Crippen molar-refractivity contribution < 1.29 is 0 Å². The van der Waals surface area contributed by atoms with Crippen LogP contribution in [0.15, 0.2) is 47.6 Å². The molecule has 76 valence electrons. The number of nitrogens with two attached hydrogens (primary N) is 1. The van der Waals surface area contributed by atoms with E-state index in [9.17, 15) is 0 Å². The van der Waals surface area contributed by atoms with Crippen LogP contribution < -0.4 is 5.73 Å². The van der Waals surface area contributed by atoms with Gasteiger partial charge in [0.05, 0.1) is 0 Å². The Morgan fingerprint density at radius 3 is 1.57 bits per heavy atom. The summed E-state index contributed by atoms with van der Waals surface area (Å²) in [4.78, 5) is 0. The van der Waals surface area contributed by atoms with Crippen molar-refractivity contribution in [1.82, 2.24) is 0 Å². The average molecular weight is 189 g/mol. The Labute approximate surface area is 86.7 Å². The maximum Gasteiger partial charge on any atom is -0.0195 e. The first kappa shape index (κ1) is 11.0. The topological polar surface area (TPSA) is 26.0 Å². The second-order valence-corrected chi connectivity index (χ2v) is 3.32. The third-order valence-corrected chi connectivity index (χ3v) is 2.44. The SMILES string of the molecule is C1=CCCC(C2=CC=CCC2)=C1.CN. The van der Waals surface area contributed by atoms with E-state index in [0.717, 1.165) is 0 Å². The van der Waals surface area contributed by atoms with E-state index >= 15 is 0 Å². The van der Waals surface area contributed by atoms with Crippen molar-refractivity contribution in [2.45, 2.75) is 25.7 Å². The van der Waals surface area contributed by atoms with E-state index in [1.54, 1.807) is 11.1 Å². The Kier molecular flexibility index (Phi) is 5.02. The van der Waals surface area contributed by atoms with Gasteiger partial charge in [-0.1, -0.05) is 36.5 Å². The summed E-state index contributed by atoms with van der Waals surface area (Å²) in [6.07, 6.45) is 18.2. The molecule has 0 aromatic heterocycles. The van der Waals surface area contributed by atoms with Crippen LogP contribution in [0.5, 0.6) is 0 Å². The molecule has 2 aliphatic rings. The number of hydrogen-bond acceptors (Lipinski definition) is 1. The van der Waals surface area contributed by atoms with Crippen LogP contribution in [-0.4, -0.2) is 7.05 Å². The molecular formula is C13H19N. The van der Waals surface area contributed by atoms with Gasteiger partial charge in [0.1, 0.15) is 0 Å². The van der Waals surface area contributed by atoms with E-state index in [1.165, 1.54) is 32.7 Å². The van der Waals surface area contributed by atoms with Gasteiger partial charge in [-0.2, -0.15) is 0 Å². The molecule has 1 nitrogen and oxygen atoms in total. The maximum atomic E-state index is 4.50. The predicted molar refractivity (Wildman–Crippen MR) is 63.0 cm³/mol. The van der Waals surface area contributed by atoms with Crippen LogP contribution >= 0.6 is 0 Å². The molecule has 14 heavy (non-hydrogen) atoms. The van der Waals surface area contributed by atoms with Crippen LogP contribution in [0.2, 0.25) is 0 Å². The summed E-state index contributed by atoms with van der Waals surface area (Å²) in [5.41, 5.74) is 7.59. The van der Waals surface area contributed by atoms with E-state index in [2.05, 4.69) is 42.2 Å². The largest absolute Gasteiger partial charge is 0.333 e. The molecule has 0 unspecified atom stereocenters. The minimum absolute atomic E-state index is 1.22. The molecule has 0 aliphatic heterocycles. The summed E-state index contributed by atoms with van der Waals surface area (Å²) >= 11 is 0. The van der Waals surface area contributed by atoms with Crippen LogP contribution in [0.4, 0.5) is 0 Å². The van der Waals surface area contributed by atoms with Crippen LogP contribution in [-0.2, 0) is 0 Å². The third-order valence-electron chi connectivity index (χ3n) is 2.44. The second kappa shape index (κ2) is 6.39. The molecule has 0 saturated carbocycles. The lowest BCUT2D eigenvalue weighted by atomic mass is 9.92. The zero-order valence-electron chi connectivity index (χ0n) is 8.87. The maximum absolute atomic E-state index is 4.50. The normalized spacial score (nSPS) is 19.3. The van der Waals surface area contributed by atoms with Gasteiger partial charge in [0.2, 0.25) is 0 Å². The Bertz CT molecular complexity index is 250. The molecule has 0 radical (unpaired) electrons. The van der Waals surface area contributed by atoms with E-state index in [-0.39, 0.29) is 0 Å². The van der Waals surface area contributed by atoms with Crippen molar-refractivity contribution in [3.8, 4) is 0 Å². The first-order valence-corrected chi connectivity index (χ1v) is 5.26. The van der Waals surface area contributed by atoms with Gasteiger partial charge in [-0.15, -0.1) is 0 Å². The zero-order chi connectivity index (χ0) is 10.2. The lowest BCUT2D eigenvalue weighted by molar-refractivity contribution is 0.898. The molecule has 1 heteroatoms. The second-order valence-electron chi connectivity index (χ2n) is 3.32. The summed E-state index contributed by atoms with van der Waals surface area (Å²) in [6.45, 7) is 0. The standard InChI is InChI=1S/C12H14.CH5N/c1-3-7-11(8-4-1)12-9-5-2-6-10-12;1-2/h1-3,5,7,9H,4,6,8,10H2;2H2,1H3. The van der Waals surface area contributed by atoms with E-state index in [0.29, 0.717) is 0 Å². The third kappa shape index (κ3) is 3.00. The van der Waals surface area contributed by atoms with Gasteiger partial charge in [-0.25, -0.2) is 0 Å². The quantitative estimate of drug-likeness (QED) is 0.674. The Balaban J connectivity index is 0.000000461. The minimum atomic E-state index is 1.22. The molecule has 0 aromatic carbocycles. The molecule has 0 fully saturated rings. The van der Waals surface area contributed by atoms with Crippen LogP contribution in [0.3, 0.4) is 0 Å².